The molecule has 0 spiro atoms. The zero-order valence-corrected chi connectivity index (χ0v) is 10.5. The van der Waals surface area contributed by atoms with Crippen molar-refractivity contribution < 1.29 is 0 Å². The Morgan fingerprint density at radius 2 is 1.94 bits per heavy atom. The van der Waals surface area contributed by atoms with Crippen molar-refractivity contribution in [1.82, 2.24) is 4.98 Å². The Morgan fingerprint density at radius 3 is 2.56 bits per heavy atom. The fourth-order valence-electron chi connectivity index (χ4n) is 1.62. The largest absolute Gasteiger partial charge is 0.398 e. The summed E-state index contributed by atoms with van der Waals surface area (Å²) in [4.78, 5) is 4.59. The number of rotatable bonds is 0. The number of hydrogen-bond acceptors (Lipinski definition) is 2. The standard InChI is InChI=1S/C13H15ClN2/c1-13(2,3)11-7-10(15)8-5-4-6-9(14)12(8)16-11/h4-7H,1-3H3,(H2,15,16). The molecule has 0 fully saturated rings. The van der Waals surface area contributed by atoms with Gasteiger partial charge in [-0.15, -0.1) is 0 Å². The van der Waals surface area contributed by atoms with E-state index >= 15 is 0 Å². The predicted molar refractivity (Wildman–Crippen MR) is 69.9 cm³/mol. The van der Waals surface area contributed by atoms with Gasteiger partial charge >= 0.3 is 0 Å². The molecular formula is C13H15ClN2. The molecule has 3 heteroatoms. The van der Waals surface area contributed by atoms with E-state index in [1.165, 1.54) is 0 Å². The molecule has 2 rings (SSSR count). The summed E-state index contributed by atoms with van der Waals surface area (Å²) >= 11 is 6.13. The van der Waals surface area contributed by atoms with Crippen molar-refractivity contribution in [2.75, 3.05) is 5.73 Å². The van der Waals surface area contributed by atoms with Crippen molar-refractivity contribution in [3.05, 3.63) is 35.0 Å². The molecule has 0 radical (unpaired) electrons. The third-order valence-corrected chi connectivity index (χ3v) is 2.90. The van der Waals surface area contributed by atoms with E-state index in [-0.39, 0.29) is 5.41 Å². The summed E-state index contributed by atoms with van der Waals surface area (Å²) in [6.07, 6.45) is 0. The zero-order valence-electron chi connectivity index (χ0n) is 9.71. The number of anilines is 1. The Kier molecular flexibility index (Phi) is 2.55. The number of nitrogen functional groups attached to an aromatic ring is 1. The first kappa shape index (κ1) is 11.2. The van der Waals surface area contributed by atoms with E-state index in [1.807, 2.05) is 24.3 Å². The van der Waals surface area contributed by atoms with Crippen molar-refractivity contribution in [3.8, 4) is 0 Å². The Balaban J connectivity index is 2.81. The first-order valence-electron chi connectivity index (χ1n) is 5.25. The van der Waals surface area contributed by atoms with Gasteiger partial charge in [-0.25, -0.2) is 0 Å². The van der Waals surface area contributed by atoms with Gasteiger partial charge in [-0.3, -0.25) is 4.98 Å². The second-order valence-corrected chi connectivity index (χ2v) is 5.39. The summed E-state index contributed by atoms with van der Waals surface area (Å²) in [5.74, 6) is 0. The molecule has 1 aromatic carbocycles. The number of hydrogen-bond donors (Lipinski definition) is 1. The lowest BCUT2D eigenvalue weighted by Crippen LogP contribution is -2.14. The van der Waals surface area contributed by atoms with E-state index in [0.29, 0.717) is 5.02 Å². The van der Waals surface area contributed by atoms with Crippen LogP contribution in [0.1, 0.15) is 26.5 Å². The van der Waals surface area contributed by atoms with Crippen LogP contribution in [0.3, 0.4) is 0 Å². The molecule has 2 N–H and O–H groups in total. The van der Waals surface area contributed by atoms with Crippen LogP contribution in [-0.2, 0) is 5.41 Å². The summed E-state index contributed by atoms with van der Waals surface area (Å²) in [6.45, 7) is 6.33. The molecule has 1 aromatic heterocycles. The Morgan fingerprint density at radius 1 is 1.25 bits per heavy atom. The van der Waals surface area contributed by atoms with Gasteiger partial charge in [0.25, 0.3) is 0 Å². The van der Waals surface area contributed by atoms with Crippen molar-refractivity contribution in [1.29, 1.82) is 0 Å². The van der Waals surface area contributed by atoms with Crippen LogP contribution in [0.4, 0.5) is 5.69 Å². The van der Waals surface area contributed by atoms with Crippen LogP contribution in [0.2, 0.25) is 5.02 Å². The van der Waals surface area contributed by atoms with Gasteiger partial charge in [0, 0.05) is 22.2 Å². The Labute approximate surface area is 100 Å². The van der Waals surface area contributed by atoms with Gasteiger partial charge in [0.2, 0.25) is 0 Å². The summed E-state index contributed by atoms with van der Waals surface area (Å²) in [6, 6.07) is 7.59. The molecule has 0 atom stereocenters. The minimum Gasteiger partial charge on any atom is -0.398 e. The van der Waals surface area contributed by atoms with Crippen LogP contribution in [0, 0.1) is 0 Å². The number of pyridine rings is 1. The first-order chi connectivity index (χ1) is 7.39. The molecule has 2 nitrogen and oxygen atoms in total. The van der Waals surface area contributed by atoms with Crippen LogP contribution in [0.15, 0.2) is 24.3 Å². The number of halogens is 1. The molecule has 1 heterocycles. The minimum atomic E-state index is -0.0263. The number of nitrogens with two attached hydrogens (primary N) is 1. The van der Waals surface area contributed by atoms with E-state index < -0.39 is 0 Å². The average Bonchev–Trinajstić information content (AvgIpc) is 2.18. The van der Waals surface area contributed by atoms with Crippen LogP contribution >= 0.6 is 11.6 Å². The summed E-state index contributed by atoms with van der Waals surface area (Å²) < 4.78 is 0. The maximum Gasteiger partial charge on any atom is 0.0912 e. The van der Waals surface area contributed by atoms with Crippen molar-refractivity contribution in [3.63, 3.8) is 0 Å². The lowest BCUT2D eigenvalue weighted by Gasteiger charge is -2.19. The minimum absolute atomic E-state index is 0.0263. The van der Waals surface area contributed by atoms with Gasteiger partial charge in [0.1, 0.15) is 0 Å². The quantitative estimate of drug-likeness (QED) is 0.754. The van der Waals surface area contributed by atoms with Crippen molar-refractivity contribution in [2.45, 2.75) is 26.2 Å². The molecule has 0 aliphatic heterocycles. The molecule has 0 amide bonds. The second kappa shape index (κ2) is 3.63. The fraction of sp³-hybridized carbons (Fsp3) is 0.308. The van der Waals surface area contributed by atoms with Gasteiger partial charge in [0.05, 0.1) is 10.5 Å². The number of fused-ring (bicyclic) bond motifs is 1. The highest BCUT2D eigenvalue weighted by Gasteiger charge is 2.17. The van der Waals surface area contributed by atoms with E-state index in [9.17, 15) is 0 Å². The Hall–Kier alpha value is -1.28. The van der Waals surface area contributed by atoms with Crippen LogP contribution in [-0.4, -0.2) is 4.98 Å². The third-order valence-electron chi connectivity index (χ3n) is 2.59. The third kappa shape index (κ3) is 1.85. The lowest BCUT2D eigenvalue weighted by atomic mass is 9.91. The van der Waals surface area contributed by atoms with Gasteiger partial charge in [-0.1, -0.05) is 44.5 Å². The van der Waals surface area contributed by atoms with E-state index in [1.54, 1.807) is 0 Å². The van der Waals surface area contributed by atoms with Crippen LogP contribution < -0.4 is 5.73 Å². The molecule has 0 saturated carbocycles. The van der Waals surface area contributed by atoms with Gasteiger partial charge in [-0.2, -0.15) is 0 Å². The summed E-state index contributed by atoms with van der Waals surface area (Å²) in [5, 5.41) is 1.57. The summed E-state index contributed by atoms with van der Waals surface area (Å²) in [7, 11) is 0. The van der Waals surface area contributed by atoms with E-state index in [0.717, 1.165) is 22.3 Å². The van der Waals surface area contributed by atoms with Crippen molar-refractivity contribution >= 4 is 28.2 Å². The maximum atomic E-state index is 6.13. The smallest absolute Gasteiger partial charge is 0.0912 e. The van der Waals surface area contributed by atoms with Gasteiger partial charge < -0.3 is 5.73 Å². The molecule has 0 aliphatic carbocycles. The summed E-state index contributed by atoms with van der Waals surface area (Å²) in [5.41, 5.74) is 8.48. The van der Waals surface area contributed by atoms with Crippen LogP contribution in [0.5, 0.6) is 0 Å². The number of nitrogens with zero attached hydrogens (tertiary/aromatic N) is 1. The monoisotopic (exact) mass is 234 g/mol. The van der Waals surface area contributed by atoms with E-state index in [4.69, 9.17) is 17.3 Å². The molecule has 16 heavy (non-hydrogen) atoms. The average molecular weight is 235 g/mol. The van der Waals surface area contributed by atoms with Gasteiger partial charge in [-0.05, 0) is 12.1 Å². The molecule has 84 valence electrons. The van der Waals surface area contributed by atoms with E-state index in [2.05, 4.69) is 25.8 Å². The molecule has 0 unspecified atom stereocenters. The molecule has 2 aromatic rings. The maximum absolute atomic E-state index is 6.13. The molecule has 0 bridgehead atoms. The highest BCUT2D eigenvalue weighted by Crippen LogP contribution is 2.30. The fourth-order valence-corrected chi connectivity index (χ4v) is 1.84. The SMILES string of the molecule is CC(C)(C)c1cc(N)c2cccc(Cl)c2n1. The first-order valence-corrected chi connectivity index (χ1v) is 5.62. The van der Waals surface area contributed by atoms with Crippen molar-refractivity contribution in [2.24, 2.45) is 0 Å². The Bertz CT molecular complexity index is 541. The highest BCUT2D eigenvalue weighted by atomic mass is 35.5. The number of para-hydroxylation sites is 1. The second-order valence-electron chi connectivity index (χ2n) is 4.98. The van der Waals surface area contributed by atoms with Crippen LogP contribution in [0.25, 0.3) is 10.9 Å². The topological polar surface area (TPSA) is 38.9 Å². The number of aromatic nitrogens is 1. The highest BCUT2D eigenvalue weighted by molar-refractivity contribution is 6.35. The number of benzene rings is 1. The molecule has 0 aliphatic rings. The van der Waals surface area contributed by atoms with Gasteiger partial charge in [0.15, 0.2) is 0 Å². The lowest BCUT2D eigenvalue weighted by molar-refractivity contribution is 0.572. The molecule has 0 saturated heterocycles. The normalized spacial score (nSPS) is 12.0. The zero-order chi connectivity index (χ0) is 11.9. The predicted octanol–water partition coefficient (Wildman–Crippen LogP) is 3.77. The molecular weight excluding hydrogens is 220 g/mol.